The van der Waals surface area contributed by atoms with Crippen LogP contribution < -0.4 is 63.8 Å². The van der Waals surface area contributed by atoms with Crippen molar-refractivity contribution in [3.63, 3.8) is 0 Å². The van der Waals surface area contributed by atoms with Gasteiger partial charge in [0.1, 0.15) is 42.5 Å². The first-order valence-electron chi connectivity index (χ1n) is 28.3. The van der Waals surface area contributed by atoms with Crippen molar-refractivity contribution in [2.24, 2.45) is 0 Å². The Balaban J connectivity index is 1.57. The van der Waals surface area contributed by atoms with E-state index in [1.807, 2.05) is 73.7 Å². The van der Waals surface area contributed by atoms with Gasteiger partial charge in [-0.2, -0.15) is 0 Å². The average molecular weight is 1130 g/mol. The third-order valence-electron chi connectivity index (χ3n) is 14.1. The molecule has 1 aliphatic rings. The summed E-state index contributed by atoms with van der Waals surface area (Å²) in [6.07, 6.45) is 2.91. The zero-order valence-electron chi connectivity index (χ0n) is 47.6. The quantitative estimate of drug-likeness (QED) is 0.0214. The van der Waals surface area contributed by atoms with Gasteiger partial charge in [0, 0.05) is 39.3 Å². The van der Waals surface area contributed by atoms with E-state index in [0.29, 0.717) is 61.7 Å². The Hall–Kier alpha value is -8.24. The summed E-state index contributed by atoms with van der Waals surface area (Å²) < 4.78 is 0. The number of aryl methyl sites for hydroxylation is 1. The summed E-state index contributed by atoms with van der Waals surface area (Å²) >= 11 is 0. The van der Waals surface area contributed by atoms with Crippen molar-refractivity contribution in [3.05, 3.63) is 119 Å². The molecular formula is C60H83N13O9. The molecule has 0 spiro atoms. The number of rotatable bonds is 23. The summed E-state index contributed by atoms with van der Waals surface area (Å²) in [6, 6.07) is 20.7. The predicted molar refractivity (Wildman–Crippen MR) is 314 cm³/mol. The van der Waals surface area contributed by atoms with E-state index < -0.39 is 103 Å². The van der Waals surface area contributed by atoms with Crippen molar-refractivity contribution >= 4 is 70.3 Å². The second-order valence-corrected chi connectivity index (χ2v) is 20.7. The molecule has 0 radical (unpaired) electrons. The summed E-state index contributed by atoms with van der Waals surface area (Å²) in [4.78, 5) is 128. The zero-order valence-corrected chi connectivity index (χ0v) is 47.6. The Morgan fingerprint density at radius 1 is 0.573 bits per heavy atom. The number of guanidine groups is 1. The lowest BCUT2D eigenvalue weighted by molar-refractivity contribution is -0.135. The van der Waals surface area contributed by atoms with Gasteiger partial charge in [-0.05, 0) is 119 Å². The average Bonchev–Trinajstić information content (AvgIpc) is 3.49. The molecule has 0 aromatic heterocycles. The summed E-state index contributed by atoms with van der Waals surface area (Å²) in [5.74, 6) is -5.91. The molecule has 5 rings (SSSR count). The van der Waals surface area contributed by atoms with E-state index in [-0.39, 0.29) is 57.5 Å². The van der Waals surface area contributed by atoms with Crippen LogP contribution in [0.4, 0.5) is 0 Å². The molecule has 442 valence electrons. The Morgan fingerprint density at radius 3 is 1.74 bits per heavy atom. The van der Waals surface area contributed by atoms with Gasteiger partial charge in [0.25, 0.3) is 0 Å². The Bertz CT molecular complexity index is 2760. The number of carbonyl (C=O) groups is 9. The van der Waals surface area contributed by atoms with Gasteiger partial charge in [-0.1, -0.05) is 103 Å². The van der Waals surface area contributed by atoms with Gasteiger partial charge in [0.15, 0.2) is 5.96 Å². The topological polar surface area (TPSA) is 322 Å². The normalized spacial score (nSPS) is 20.3. The molecule has 1 saturated heterocycles. The second kappa shape index (κ2) is 34.8. The highest BCUT2D eigenvalue weighted by molar-refractivity contribution is 5.98. The minimum absolute atomic E-state index is 0.0136. The number of aldehydes is 1. The molecule has 4 aromatic carbocycles. The van der Waals surface area contributed by atoms with Crippen LogP contribution in [0, 0.1) is 12.3 Å². The van der Waals surface area contributed by atoms with Gasteiger partial charge in [-0.25, -0.2) is 0 Å². The third kappa shape index (κ3) is 22.4. The maximum absolute atomic E-state index is 14.8. The fraction of sp³-hybridized carbons (Fsp3) is 0.467. The second-order valence-electron chi connectivity index (χ2n) is 20.7. The number of hydrogen-bond acceptors (Lipinski definition) is 12. The standard InChI is InChI=1S/C60H83N13O9/c1-39-22-24-41(25-23-39)35-51-59(82)71-46(20-11-13-31-63-3)56(79)70-47(21-14-32-65-60(61)64-4)57(80)72-49(36-42-26-27-43-17-8-9-18-44(43)33-42)54(77)66-37-53(76)68-48(55(78)67-45(38-74)19-10-12-30-62-2)28-29-52(75)69-50(58(81)73-51)34-40-15-6-5-7-16-40/h5-9,15-18,22-27,33,38,45-51,62-63H,10-14,19-21,28-32,34-37H2,1-4H3,(H,66,77)(H,67,78)(H,68,76)(H,69,75)(H,70,79)(H,71,82)(H,72,80)(H,73,81)(H3,61,64,65)/t45-,46-,47+,48+,49-,50-,51-/m0/s1. The molecule has 1 heterocycles. The monoisotopic (exact) mass is 1130 g/mol. The van der Waals surface area contributed by atoms with Crippen molar-refractivity contribution in [2.75, 3.05) is 47.3 Å². The summed E-state index contributed by atoms with van der Waals surface area (Å²) in [7, 11) is 5.16. The molecule has 4 aromatic rings. The number of fused-ring (bicyclic) bond motifs is 1. The summed E-state index contributed by atoms with van der Waals surface area (Å²) in [6.45, 7) is 2.75. The largest absolute Gasteiger partial charge is 0.360 e. The van der Waals surface area contributed by atoms with Crippen LogP contribution in [0.2, 0.25) is 0 Å². The molecule has 0 aliphatic carbocycles. The van der Waals surface area contributed by atoms with Crippen LogP contribution in [-0.2, 0) is 62.4 Å². The van der Waals surface area contributed by atoms with Crippen molar-refractivity contribution < 1.29 is 43.2 Å². The lowest BCUT2D eigenvalue weighted by Gasteiger charge is -2.27. The number of hydrogen-bond donors (Lipinski definition) is 13. The maximum atomic E-state index is 14.8. The van der Waals surface area contributed by atoms with E-state index in [0.717, 1.165) is 22.8 Å². The maximum Gasteiger partial charge on any atom is 0.243 e. The molecule has 1 aliphatic heterocycles. The smallest absolute Gasteiger partial charge is 0.243 e. The molecule has 13 N–H and O–H groups in total. The number of nitrogens with one attached hydrogen (secondary N) is 13. The first-order chi connectivity index (χ1) is 39.6. The molecular weight excluding hydrogens is 1050 g/mol. The first-order valence-corrected chi connectivity index (χ1v) is 28.3. The van der Waals surface area contributed by atoms with Crippen molar-refractivity contribution in [1.29, 1.82) is 5.41 Å². The Morgan fingerprint density at radius 2 is 1.11 bits per heavy atom. The van der Waals surface area contributed by atoms with Gasteiger partial charge >= 0.3 is 0 Å². The van der Waals surface area contributed by atoms with Crippen LogP contribution in [-0.4, -0.2) is 149 Å². The molecule has 82 heavy (non-hydrogen) atoms. The van der Waals surface area contributed by atoms with Crippen LogP contribution in [0.25, 0.3) is 10.8 Å². The minimum Gasteiger partial charge on any atom is -0.360 e. The molecule has 1 fully saturated rings. The van der Waals surface area contributed by atoms with Crippen LogP contribution >= 0.6 is 0 Å². The minimum atomic E-state index is -1.41. The van der Waals surface area contributed by atoms with Gasteiger partial charge < -0.3 is 68.6 Å². The Kier molecular flexibility index (Phi) is 27.4. The highest BCUT2D eigenvalue weighted by atomic mass is 16.2. The number of carbonyl (C=O) groups excluding carboxylic acids is 9. The van der Waals surface area contributed by atoms with E-state index in [4.69, 9.17) is 5.41 Å². The molecule has 7 atom stereocenters. The zero-order chi connectivity index (χ0) is 59.2. The predicted octanol–water partition coefficient (Wildman–Crippen LogP) is 0.982. The molecule has 8 amide bonds. The van der Waals surface area contributed by atoms with Gasteiger partial charge in [-0.15, -0.1) is 0 Å². The highest BCUT2D eigenvalue weighted by Gasteiger charge is 2.34. The SMILES string of the molecule is CNCCCC[C@@H](C=O)NC(=O)[C@H]1CCC(=O)N[C@@H](Cc2ccccc2)C(=O)N[C@@H](Cc2ccc(C)cc2)C(=O)N[C@@H](CCCCNC)C(=O)N[C@H](CCCNC(=N)NC)C(=O)N[C@@H](Cc2ccc3ccccc3c2)C(=O)NCC(=O)N1. The van der Waals surface area contributed by atoms with Gasteiger partial charge in [0.2, 0.25) is 47.3 Å². The fourth-order valence-electron chi connectivity index (χ4n) is 9.39. The molecule has 0 unspecified atom stereocenters. The lowest BCUT2D eigenvalue weighted by atomic mass is 10.00. The van der Waals surface area contributed by atoms with E-state index in [1.54, 1.807) is 51.5 Å². The number of benzene rings is 4. The number of unbranched alkanes of at least 4 members (excludes halogenated alkanes) is 2. The Labute approximate surface area is 480 Å². The molecule has 22 nitrogen and oxygen atoms in total. The van der Waals surface area contributed by atoms with Crippen molar-refractivity contribution in [2.45, 2.75) is 133 Å². The van der Waals surface area contributed by atoms with Crippen LogP contribution in [0.15, 0.2) is 97.1 Å². The van der Waals surface area contributed by atoms with E-state index >= 15 is 0 Å². The van der Waals surface area contributed by atoms with Gasteiger partial charge in [0.05, 0.1) is 12.6 Å². The summed E-state index contributed by atoms with van der Waals surface area (Å²) in [5.41, 5.74) is 2.97. The molecule has 22 heteroatoms. The number of amides is 8. The van der Waals surface area contributed by atoms with Crippen molar-refractivity contribution in [1.82, 2.24) is 63.8 Å². The summed E-state index contributed by atoms with van der Waals surface area (Å²) in [5, 5.41) is 43.7. The van der Waals surface area contributed by atoms with Crippen LogP contribution in [0.5, 0.6) is 0 Å². The van der Waals surface area contributed by atoms with E-state index in [2.05, 4.69) is 63.8 Å². The van der Waals surface area contributed by atoms with Crippen LogP contribution in [0.3, 0.4) is 0 Å². The van der Waals surface area contributed by atoms with E-state index in [1.165, 1.54) is 0 Å². The van der Waals surface area contributed by atoms with Crippen molar-refractivity contribution in [3.8, 4) is 0 Å². The van der Waals surface area contributed by atoms with E-state index in [9.17, 15) is 43.2 Å². The first kappa shape index (κ1) is 64.6. The lowest BCUT2D eigenvalue weighted by Crippen LogP contribution is -2.60. The highest BCUT2D eigenvalue weighted by Crippen LogP contribution is 2.18. The molecule has 0 bridgehead atoms. The van der Waals surface area contributed by atoms with Gasteiger partial charge in [-0.3, -0.25) is 43.8 Å². The molecule has 0 saturated carbocycles. The third-order valence-corrected chi connectivity index (χ3v) is 14.1. The van der Waals surface area contributed by atoms with Crippen LogP contribution in [0.1, 0.15) is 86.5 Å². The fourth-order valence-corrected chi connectivity index (χ4v) is 9.39.